The van der Waals surface area contributed by atoms with Crippen LogP contribution in [-0.4, -0.2) is 33.5 Å². The van der Waals surface area contributed by atoms with E-state index >= 15 is 0 Å². The van der Waals surface area contributed by atoms with Gasteiger partial charge in [0.1, 0.15) is 6.54 Å². The molecule has 1 fully saturated rings. The molecule has 1 aliphatic heterocycles. The van der Waals surface area contributed by atoms with Gasteiger partial charge >= 0.3 is 0 Å². The van der Waals surface area contributed by atoms with E-state index in [0.29, 0.717) is 11.4 Å². The van der Waals surface area contributed by atoms with Crippen molar-refractivity contribution in [3.05, 3.63) is 63.7 Å². The zero-order valence-electron chi connectivity index (χ0n) is 12.8. The molecule has 1 N–H and O–H groups in total. The van der Waals surface area contributed by atoms with Crippen LogP contribution in [0.2, 0.25) is 0 Å². The maximum absolute atomic E-state index is 12.4. The van der Waals surface area contributed by atoms with Crippen molar-refractivity contribution in [2.24, 2.45) is 0 Å². The van der Waals surface area contributed by atoms with E-state index in [1.807, 2.05) is 0 Å². The number of anilines is 1. The molecule has 0 atom stereocenters. The van der Waals surface area contributed by atoms with Crippen LogP contribution in [0.3, 0.4) is 0 Å². The lowest BCUT2D eigenvalue weighted by Crippen LogP contribution is -2.36. The third kappa shape index (κ3) is 4.34. The molecule has 0 aliphatic carbocycles. The average Bonchev–Trinajstić information content (AvgIpc) is 2.85. The maximum Gasteiger partial charge on any atom is 0.294 e. The van der Waals surface area contributed by atoms with Crippen molar-refractivity contribution in [1.29, 1.82) is 0 Å². The number of carbonyl (C=O) groups excluding carboxylic acids is 3. The Bertz CT molecular complexity index is 853. The highest BCUT2D eigenvalue weighted by Crippen LogP contribution is 2.31. The molecular weight excluding hydrogens is 406 g/mol. The van der Waals surface area contributed by atoms with Crippen LogP contribution in [0, 0.1) is 0 Å². The van der Waals surface area contributed by atoms with Gasteiger partial charge in [-0.15, -0.1) is 0 Å². The lowest BCUT2D eigenvalue weighted by molar-refractivity contribution is -0.127. The second-order valence-electron chi connectivity index (χ2n) is 5.08. The number of halogens is 1. The van der Waals surface area contributed by atoms with Crippen LogP contribution in [0.4, 0.5) is 10.5 Å². The molecule has 1 saturated heterocycles. The lowest BCUT2D eigenvalue weighted by Gasteiger charge is -2.12. The molecule has 0 bridgehead atoms. The minimum atomic E-state index is -0.494. The first-order valence-electron chi connectivity index (χ1n) is 7.25. The molecule has 0 saturated carbocycles. The Morgan fingerprint density at radius 2 is 1.96 bits per heavy atom. The topological polar surface area (TPSA) is 79.4 Å². The number of rotatable bonds is 4. The first-order chi connectivity index (χ1) is 12.0. The summed E-state index contributed by atoms with van der Waals surface area (Å²) in [4.78, 5) is 41.8. The Balaban J connectivity index is 1.67. The van der Waals surface area contributed by atoms with Gasteiger partial charge in [-0.3, -0.25) is 24.3 Å². The third-order valence-corrected chi connectivity index (χ3v) is 4.71. The minimum absolute atomic E-state index is 0.250. The maximum atomic E-state index is 12.4. The number of nitrogens with zero attached hydrogens (tertiary/aromatic N) is 2. The molecule has 25 heavy (non-hydrogen) atoms. The normalized spacial score (nSPS) is 15.7. The van der Waals surface area contributed by atoms with Gasteiger partial charge in [0.25, 0.3) is 11.1 Å². The lowest BCUT2D eigenvalue weighted by atomic mass is 10.3. The summed E-state index contributed by atoms with van der Waals surface area (Å²) in [6.45, 7) is -0.333. The average molecular weight is 418 g/mol. The molecular formula is C17H12BrN3O3S. The molecule has 8 heteroatoms. The van der Waals surface area contributed by atoms with E-state index in [9.17, 15) is 14.4 Å². The van der Waals surface area contributed by atoms with Gasteiger partial charge in [-0.1, -0.05) is 22.0 Å². The van der Waals surface area contributed by atoms with Crippen molar-refractivity contribution in [3.8, 4) is 0 Å². The number of benzene rings is 1. The molecule has 1 aliphatic rings. The fourth-order valence-electron chi connectivity index (χ4n) is 2.11. The Labute approximate surface area is 156 Å². The predicted molar refractivity (Wildman–Crippen MR) is 99.7 cm³/mol. The molecule has 2 heterocycles. The Morgan fingerprint density at radius 1 is 1.20 bits per heavy atom. The quantitative estimate of drug-likeness (QED) is 0.769. The van der Waals surface area contributed by atoms with Gasteiger partial charge in [-0.05, 0) is 54.2 Å². The highest BCUT2D eigenvalue weighted by molar-refractivity contribution is 9.10. The highest BCUT2D eigenvalue weighted by atomic mass is 79.9. The summed E-state index contributed by atoms with van der Waals surface area (Å²) in [7, 11) is 0. The molecule has 1 aromatic heterocycles. The second-order valence-corrected chi connectivity index (χ2v) is 6.99. The Morgan fingerprint density at radius 3 is 2.64 bits per heavy atom. The van der Waals surface area contributed by atoms with E-state index < -0.39 is 17.1 Å². The van der Waals surface area contributed by atoms with Gasteiger partial charge in [-0.25, -0.2) is 0 Å². The van der Waals surface area contributed by atoms with E-state index in [2.05, 4.69) is 26.2 Å². The number of nitrogens with one attached hydrogen (secondary N) is 1. The summed E-state index contributed by atoms with van der Waals surface area (Å²) in [5.41, 5.74) is 1.16. The van der Waals surface area contributed by atoms with Crippen LogP contribution in [-0.2, 0) is 9.59 Å². The van der Waals surface area contributed by atoms with E-state index in [0.717, 1.165) is 21.1 Å². The van der Waals surface area contributed by atoms with Gasteiger partial charge in [0.15, 0.2) is 0 Å². The number of hydrogen-bond acceptors (Lipinski definition) is 5. The monoisotopic (exact) mass is 417 g/mol. The molecule has 3 amide bonds. The zero-order valence-corrected chi connectivity index (χ0v) is 15.2. The van der Waals surface area contributed by atoms with E-state index in [1.165, 1.54) is 6.08 Å². The predicted octanol–water partition coefficient (Wildman–Crippen LogP) is 3.52. The summed E-state index contributed by atoms with van der Waals surface area (Å²) in [6, 6.07) is 12.3. The number of hydrogen-bond donors (Lipinski definition) is 1. The van der Waals surface area contributed by atoms with Crippen LogP contribution in [0.25, 0.3) is 6.08 Å². The SMILES string of the molecule is O=C(CN1C(=O)S/C(=C\c2ccccn2)C1=O)Nc1ccc(Br)cc1. The molecule has 0 radical (unpaired) electrons. The number of carbonyl (C=O) groups is 3. The van der Waals surface area contributed by atoms with Gasteiger partial charge in [-0.2, -0.15) is 0 Å². The van der Waals surface area contributed by atoms with E-state index in [1.54, 1.807) is 48.7 Å². The second kappa shape index (κ2) is 7.62. The fourth-order valence-corrected chi connectivity index (χ4v) is 3.20. The van der Waals surface area contributed by atoms with Crippen LogP contribution >= 0.6 is 27.7 Å². The smallest absolute Gasteiger partial charge is 0.294 e. The first-order valence-corrected chi connectivity index (χ1v) is 8.86. The summed E-state index contributed by atoms with van der Waals surface area (Å²) < 4.78 is 0.885. The van der Waals surface area contributed by atoms with E-state index in [-0.39, 0.29) is 11.4 Å². The van der Waals surface area contributed by atoms with Gasteiger partial charge in [0, 0.05) is 16.4 Å². The zero-order chi connectivity index (χ0) is 17.8. The summed E-state index contributed by atoms with van der Waals surface area (Å²) >= 11 is 4.11. The summed E-state index contributed by atoms with van der Waals surface area (Å²) in [6.07, 6.45) is 3.14. The fraction of sp³-hybridized carbons (Fsp3) is 0.0588. The molecule has 2 aromatic rings. The molecule has 126 valence electrons. The van der Waals surface area contributed by atoms with Crippen LogP contribution < -0.4 is 5.32 Å². The Hall–Kier alpha value is -2.45. The van der Waals surface area contributed by atoms with Crippen LogP contribution in [0.15, 0.2) is 58.0 Å². The minimum Gasteiger partial charge on any atom is -0.325 e. The van der Waals surface area contributed by atoms with Crippen molar-refractivity contribution < 1.29 is 14.4 Å². The number of thioether (sulfide) groups is 1. The van der Waals surface area contributed by atoms with Crippen LogP contribution in [0.5, 0.6) is 0 Å². The first kappa shape index (κ1) is 17.4. The molecule has 1 aromatic carbocycles. The summed E-state index contributed by atoms with van der Waals surface area (Å²) in [5.74, 6) is -0.935. The van der Waals surface area contributed by atoms with Crippen molar-refractivity contribution in [2.45, 2.75) is 0 Å². The van der Waals surface area contributed by atoms with Gasteiger partial charge in [0.05, 0.1) is 10.6 Å². The summed E-state index contributed by atoms with van der Waals surface area (Å²) in [5, 5.41) is 2.18. The van der Waals surface area contributed by atoms with Crippen LogP contribution in [0.1, 0.15) is 5.69 Å². The number of amides is 3. The highest BCUT2D eigenvalue weighted by Gasteiger charge is 2.36. The number of imide groups is 1. The molecule has 0 spiro atoms. The number of pyridine rings is 1. The molecule has 0 unspecified atom stereocenters. The van der Waals surface area contributed by atoms with E-state index in [4.69, 9.17) is 0 Å². The third-order valence-electron chi connectivity index (χ3n) is 3.27. The van der Waals surface area contributed by atoms with Crippen molar-refractivity contribution in [3.63, 3.8) is 0 Å². The number of aromatic nitrogens is 1. The molecule has 6 nitrogen and oxygen atoms in total. The van der Waals surface area contributed by atoms with Crippen molar-refractivity contribution in [1.82, 2.24) is 9.88 Å². The molecule has 3 rings (SSSR count). The van der Waals surface area contributed by atoms with Crippen molar-refractivity contribution >= 4 is 56.5 Å². The Kier molecular flexibility index (Phi) is 5.30. The van der Waals surface area contributed by atoms with Crippen molar-refractivity contribution in [2.75, 3.05) is 11.9 Å². The van der Waals surface area contributed by atoms with Gasteiger partial charge < -0.3 is 5.32 Å². The van der Waals surface area contributed by atoms with Gasteiger partial charge in [0.2, 0.25) is 5.91 Å². The largest absolute Gasteiger partial charge is 0.325 e. The standard InChI is InChI=1S/C17H12BrN3O3S/c18-11-4-6-12(7-5-11)20-15(22)10-21-16(23)14(25-17(21)24)9-13-3-1-2-8-19-13/h1-9H,10H2,(H,20,22)/b14-9-.